The zero-order chi connectivity index (χ0) is 9.52. The summed E-state index contributed by atoms with van der Waals surface area (Å²) >= 11 is 0. The molecule has 0 saturated carbocycles. The Bertz CT molecular complexity index is 121. The molecule has 1 heterocycles. The summed E-state index contributed by atoms with van der Waals surface area (Å²) in [5, 5.41) is 3.30. The number of hydrogen-bond acceptors (Lipinski definition) is 4. The van der Waals surface area contributed by atoms with E-state index >= 15 is 0 Å². The molecule has 0 bridgehead atoms. The maximum atomic E-state index is 5.81. The predicted octanol–water partition coefficient (Wildman–Crippen LogP) is -1.04. The van der Waals surface area contributed by atoms with Crippen LogP contribution in [0.25, 0.3) is 0 Å². The van der Waals surface area contributed by atoms with Gasteiger partial charge in [-0.05, 0) is 25.9 Å². The number of likely N-dealkylation sites (tertiary alicyclic amines) is 1. The molecule has 0 aliphatic carbocycles. The second-order valence-corrected chi connectivity index (χ2v) is 3.72. The van der Waals surface area contributed by atoms with Crippen LogP contribution < -0.4 is 16.8 Å². The fraction of sp³-hybridized carbons (Fsp3) is 1.00. The molecule has 0 aromatic rings. The van der Waals surface area contributed by atoms with Crippen LogP contribution in [0.4, 0.5) is 0 Å². The van der Waals surface area contributed by atoms with Crippen LogP contribution >= 0.6 is 0 Å². The van der Waals surface area contributed by atoms with Gasteiger partial charge in [0.05, 0.1) is 0 Å². The Labute approximate surface area is 80.6 Å². The Morgan fingerprint density at radius 1 is 1.23 bits per heavy atom. The zero-order valence-electron chi connectivity index (χ0n) is 8.34. The number of nitrogens with two attached hydrogens (primary N) is 2. The molecule has 0 aromatic heterocycles. The number of rotatable bonds is 5. The van der Waals surface area contributed by atoms with Crippen molar-refractivity contribution in [3.63, 3.8) is 0 Å². The molecule has 1 aliphatic rings. The first-order valence-electron chi connectivity index (χ1n) is 5.21. The van der Waals surface area contributed by atoms with Crippen LogP contribution in [-0.4, -0.2) is 50.2 Å². The lowest BCUT2D eigenvalue weighted by Gasteiger charge is -2.29. The molecule has 0 spiro atoms. The smallest absolute Gasteiger partial charge is 0.0107 e. The van der Waals surface area contributed by atoms with E-state index in [-0.39, 0.29) is 0 Å². The molecule has 1 fully saturated rings. The molecule has 4 heteroatoms. The van der Waals surface area contributed by atoms with Gasteiger partial charge in [-0.3, -0.25) is 0 Å². The highest BCUT2D eigenvalue weighted by molar-refractivity contribution is 4.74. The molecule has 0 radical (unpaired) electrons. The average molecular weight is 186 g/mol. The van der Waals surface area contributed by atoms with Crippen LogP contribution in [0, 0.1) is 0 Å². The quantitative estimate of drug-likeness (QED) is 0.480. The molecule has 1 saturated heterocycles. The van der Waals surface area contributed by atoms with E-state index in [1.54, 1.807) is 0 Å². The molecule has 4 nitrogen and oxygen atoms in total. The van der Waals surface area contributed by atoms with Gasteiger partial charge < -0.3 is 21.7 Å². The first kappa shape index (κ1) is 10.9. The van der Waals surface area contributed by atoms with Gasteiger partial charge in [0, 0.05) is 32.2 Å². The standard InChI is InChI=1S/C9H22N4/c10-3-4-12-5-8-13-6-1-9(11)2-7-13/h9,12H,1-8,10-11H2. The van der Waals surface area contributed by atoms with Gasteiger partial charge >= 0.3 is 0 Å². The monoisotopic (exact) mass is 186 g/mol. The molecular weight excluding hydrogens is 164 g/mol. The van der Waals surface area contributed by atoms with Gasteiger partial charge in [0.1, 0.15) is 0 Å². The number of nitrogens with one attached hydrogen (secondary N) is 1. The lowest BCUT2D eigenvalue weighted by molar-refractivity contribution is 0.214. The highest BCUT2D eigenvalue weighted by Gasteiger charge is 2.14. The van der Waals surface area contributed by atoms with E-state index in [0.717, 1.165) is 52.1 Å². The van der Waals surface area contributed by atoms with Crippen molar-refractivity contribution in [1.82, 2.24) is 10.2 Å². The third-order valence-corrected chi connectivity index (χ3v) is 2.56. The summed E-state index contributed by atoms with van der Waals surface area (Å²) in [4.78, 5) is 2.47. The molecule has 0 amide bonds. The van der Waals surface area contributed by atoms with Crippen LogP contribution in [0.5, 0.6) is 0 Å². The van der Waals surface area contributed by atoms with Crippen LogP contribution in [0.15, 0.2) is 0 Å². The van der Waals surface area contributed by atoms with Crippen molar-refractivity contribution in [3.05, 3.63) is 0 Å². The van der Waals surface area contributed by atoms with Crippen LogP contribution in [-0.2, 0) is 0 Å². The average Bonchev–Trinajstić information content (AvgIpc) is 2.15. The van der Waals surface area contributed by atoms with E-state index in [9.17, 15) is 0 Å². The van der Waals surface area contributed by atoms with Crippen LogP contribution in [0.3, 0.4) is 0 Å². The Morgan fingerprint density at radius 3 is 2.54 bits per heavy atom. The molecule has 0 atom stereocenters. The molecular formula is C9H22N4. The highest BCUT2D eigenvalue weighted by Crippen LogP contribution is 2.06. The Balaban J connectivity index is 1.96. The molecule has 1 rings (SSSR count). The fourth-order valence-corrected chi connectivity index (χ4v) is 1.64. The van der Waals surface area contributed by atoms with Gasteiger partial charge in [-0.1, -0.05) is 0 Å². The second kappa shape index (κ2) is 6.32. The van der Waals surface area contributed by atoms with Crippen molar-refractivity contribution >= 4 is 0 Å². The van der Waals surface area contributed by atoms with Gasteiger partial charge in [-0.2, -0.15) is 0 Å². The maximum absolute atomic E-state index is 5.81. The fourth-order valence-electron chi connectivity index (χ4n) is 1.64. The molecule has 78 valence electrons. The van der Waals surface area contributed by atoms with Gasteiger partial charge in [0.25, 0.3) is 0 Å². The Morgan fingerprint density at radius 2 is 1.92 bits per heavy atom. The van der Waals surface area contributed by atoms with Crippen molar-refractivity contribution in [2.75, 3.05) is 39.3 Å². The van der Waals surface area contributed by atoms with Crippen molar-refractivity contribution in [2.24, 2.45) is 11.5 Å². The van der Waals surface area contributed by atoms with Crippen molar-refractivity contribution < 1.29 is 0 Å². The first-order chi connectivity index (χ1) is 6.33. The first-order valence-corrected chi connectivity index (χ1v) is 5.21. The van der Waals surface area contributed by atoms with Crippen LogP contribution in [0.2, 0.25) is 0 Å². The minimum absolute atomic E-state index is 0.438. The van der Waals surface area contributed by atoms with Crippen LogP contribution in [0.1, 0.15) is 12.8 Å². The maximum Gasteiger partial charge on any atom is 0.0107 e. The van der Waals surface area contributed by atoms with E-state index in [1.807, 2.05) is 0 Å². The minimum Gasteiger partial charge on any atom is -0.329 e. The topological polar surface area (TPSA) is 67.3 Å². The summed E-state index contributed by atoms with van der Waals surface area (Å²) in [5.74, 6) is 0. The zero-order valence-corrected chi connectivity index (χ0v) is 8.34. The summed E-state index contributed by atoms with van der Waals surface area (Å²) < 4.78 is 0. The SMILES string of the molecule is NCCNCCN1CCC(N)CC1. The number of nitrogens with zero attached hydrogens (tertiary/aromatic N) is 1. The number of hydrogen-bond donors (Lipinski definition) is 3. The third-order valence-electron chi connectivity index (χ3n) is 2.56. The van der Waals surface area contributed by atoms with E-state index in [2.05, 4.69) is 10.2 Å². The van der Waals surface area contributed by atoms with Gasteiger partial charge in [0.2, 0.25) is 0 Å². The molecule has 1 aliphatic heterocycles. The summed E-state index contributed by atoms with van der Waals surface area (Å²) in [6.45, 7) is 6.15. The summed E-state index contributed by atoms with van der Waals surface area (Å²) in [5.41, 5.74) is 11.2. The van der Waals surface area contributed by atoms with E-state index in [0.29, 0.717) is 6.04 Å². The number of piperidine rings is 1. The van der Waals surface area contributed by atoms with Gasteiger partial charge in [-0.15, -0.1) is 0 Å². The summed E-state index contributed by atoms with van der Waals surface area (Å²) in [7, 11) is 0. The minimum atomic E-state index is 0.438. The van der Waals surface area contributed by atoms with Gasteiger partial charge in [-0.25, -0.2) is 0 Å². The lowest BCUT2D eigenvalue weighted by atomic mass is 10.1. The van der Waals surface area contributed by atoms with Gasteiger partial charge in [0.15, 0.2) is 0 Å². The third kappa shape index (κ3) is 4.57. The molecule has 0 aromatic carbocycles. The summed E-state index contributed by atoms with van der Waals surface area (Å²) in [6, 6.07) is 0.438. The Hall–Kier alpha value is -0.160. The van der Waals surface area contributed by atoms with Crippen molar-refractivity contribution in [3.8, 4) is 0 Å². The van der Waals surface area contributed by atoms with Crippen molar-refractivity contribution in [1.29, 1.82) is 0 Å². The highest BCUT2D eigenvalue weighted by atomic mass is 15.1. The van der Waals surface area contributed by atoms with Crippen molar-refractivity contribution in [2.45, 2.75) is 18.9 Å². The van der Waals surface area contributed by atoms with E-state index < -0.39 is 0 Å². The molecule has 0 unspecified atom stereocenters. The Kier molecular flexibility index (Phi) is 5.31. The lowest BCUT2D eigenvalue weighted by Crippen LogP contribution is -2.42. The van der Waals surface area contributed by atoms with E-state index in [1.165, 1.54) is 0 Å². The second-order valence-electron chi connectivity index (χ2n) is 3.72. The summed E-state index contributed by atoms with van der Waals surface area (Å²) in [6.07, 6.45) is 2.30. The molecule has 13 heavy (non-hydrogen) atoms. The largest absolute Gasteiger partial charge is 0.329 e. The van der Waals surface area contributed by atoms with E-state index in [4.69, 9.17) is 11.5 Å². The predicted molar refractivity (Wildman–Crippen MR) is 55.6 cm³/mol. The normalized spacial score (nSPS) is 20.8. The molecule has 5 N–H and O–H groups in total.